The van der Waals surface area contributed by atoms with Gasteiger partial charge in [0.1, 0.15) is 6.61 Å². The molecular formula is C15H19N3O5S. The van der Waals surface area contributed by atoms with E-state index in [0.717, 1.165) is 16.7 Å². The van der Waals surface area contributed by atoms with E-state index in [0.29, 0.717) is 6.54 Å². The number of rotatable bonds is 7. The normalized spacial score (nSPS) is 11.2. The first-order valence-electron chi connectivity index (χ1n) is 7.24. The lowest BCUT2D eigenvalue weighted by atomic mass is 10.1. The number of aryl methyl sites for hydroxylation is 1. The lowest BCUT2D eigenvalue weighted by Crippen LogP contribution is -2.29. The van der Waals surface area contributed by atoms with E-state index in [1.54, 1.807) is 6.20 Å². The van der Waals surface area contributed by atoms with E-state index in [9.17, 15) is 13.2 Å². The van der Waals surface area contributed by atoms with Gasteiger partial charge in [-0.05, 0) is 23.6 Å². The van der Waals surface area contributed by atoms with Crippen molar-refractivity contribution in [3.8, 4) is 0 Å². The van der Waals surface area contributed by atoms with E-state index < -0.39 is 22.0 Å². The van der Waals surface area contributed by atoms with Crippen LogP contribution in [0.3, 0.4) is 0 Å². The lowest BCUT2D eigenvalue weighted by molar-refractivity contribution is 0.140. The summed E-state index contributed by atoms with van der Waals surface area (Å²) < 4.78 is 36.5. The number of hydrogen-bond donors (Lipinski definition) is 2. The summed E-state index contributed by atoms with van der Waals surface area (Å²) in [7, 11) is -4.10. The van der Waals surface area contributed by atoms with Crippen molar-refractivity contribution in [3.05, 3.63) is 53.3 Å². The van der Waals surface area contributed by atoms with Crippen molar-refractivity contribution >= 4 is 16.2 Å². The van der Waals surface area contributed by atoms with Crippen LogP contribution in [0.15, 0.2) is 36.7 Å². The minimum absolute atomic E-state index is 0.0592. The van der Waals surface area contributed by atoms with Gasteiger partial charge in [0.25, 0.3) is 10.1 Å². The number of alkyl carbamates (subject to hydrolysis) is 1. The highest BCUT2D eigenvalue weighted by molar-refractivity contribution is 7.85. The fraction of sp³-hybridized carbons (Fsp3) is 0.333. The smallest absolute Gasteiger partial charge is 0.407 e. The van der Waals surface area contributed by atoms with Gasteiger partial charge in [0.05, 0.1) is 18.5 Å². The zero-order valence-corrected chi connectivity index (χ0v) is 14.0. The molecule has 0 aliphatic heterocycles. The summed E-state index contributed by atoms with van der Waals surface area (Å²) in [5.74, 6) is -0.555. The molecule has 0 saturated heterocycles. The number of nitrogens with zero attached hydrogens (tertiary/aromatic N) is 2. The molecule has 0 spiro atoms. The molecule has 0 radical (unpaired) electrons. The Hall–Kier alpha value is -2.39. The van der Waals surface area contributed by atoms with Gasteiger partial charge in [-0.25, -0.2) is 4.79 Å². The van der Waals surface area contributed by atoms with E-state index >= 15 is 0 Å². The Kier molecular flexibility index (Phi) is 5.93. The van der Waals surface area contributed by atoms with E-state index in [4.69, 9.17) is 9.29 Å². The van der Waals surface area contributed by atoms with Gasteiger partial charge in [0.2, 0.25) is 0 Å². The molecule has 1 amide bonds. The molecule has 8 nitrogen and oxygen atoms in total. The van der Waals surface area contributed by atoms with Crippen LogP contribution in [0.5, 0.6) is 0 Å². The van der Waals surface area contributed by atoms with Crippen molar-refractivity contribution < 1.29 is 22.5 Å². The van der Waals surface area contributed by atoms with Crippen molar-refractivity contribution in [1.82, 2.24) is 15.1 Å². The molecule has 1 heterocycles. The van der Waals surface area contributed by atoms with E-state index in [1.807, 2.05) is 42.1 Å². The van der Waals surface area contributed by atoms with Crippen molar-refractivity contribution in [2.24, 2.45) is 0 Å². The van der Waals surface area contributed by atoms with E-state index in [2.05, 4.69) is 10.4 Å². The predicted octanol–water partition coefficient (Wildman–Crippen LogP) is 1.35. The maximum Gasteiger partial charge on any atom is 0.407 e. The van der Waals surface area contributed by atoms with Crippen LogP contribution < -0.4 is 5.32 Å². The molecule has 9 heteroatoms. The van der Waals surface area contributed by atoms with Crippen molar-refractivity contribution in [2.45, 2.75) is 20.1 Å². The molecule has 0 fully saturated rings. The van der Waals surface area contributed by atoms with Crippen LogP contribution in [0.2, 0.25) is 0 Å². The number of aromatic nitrogens is 2. The number of carbonyl (C=O) groups excluding carboxylic acids is 1. The van der Waals surface area contributed by atoms with Crippen molar-refractivity contribution in [3.63, 3.8) is 0 Å². The van der Waals surface area contributed by atoms with Gasteiger partial charge in [-0.15, -0.1) is 0 Å². The molecule has 0 bridgehead atoms. The number of amides is 1. The van der Waals surface area contributed by atoms with Gasteiger partial charge in [-0.3, -0.25) is 9.23 Å². The topological polar surface area (TPSA) is 111 Å². The molecule has 1 aromatic heterocycles. The molecular weight excluding hydrogens is 334 g/mol. The molecule has 2 rings (SSSR count). The first-order valence-corrected chi connectivity index (χ1v) is 8.85. The quantitative estimate of drug-likeness (QED) is 0.727. The Morgan fingerprint density at radius 3 is 2.79 bits per heavy atom. The molecule has 0 saturated carbocycles. The van der Waals surface area contributed by atoms with E-state index in [-0.39, 0.29) is 13.2 Å². The molecule has 0 unspecified atom stereocenters. The number of benzene rings is 1. The minimum atomic E-state index is -4.10. The maximum atomic E-state index is 11.5. The average Bonchev–Trinajstić information content (AvgIpc) is 2.89. The molecule has 0 aliphatic rings. The van der Waals surface area contributed by atoms with Gasteiger partial charge < -0.3 is 10.1 Å². The highest BCUT2D eigenvalue weighted by Gasteiger charge is 2.07. The summed E-state index contributed by atoms with van der Waals surface area (Å²) in [6.07, 6.45) is 2.97. The zero-order chi connectivity index (χ0) is 17.6. The lowest BCUT2D eigenvalue weighted by Gasteiger charge is -2.08. The summed E-state index contributed by atoms with van der Waals surface area (Å²) in [5, 5.41) is 6.47. The summed E-state index contributed by atoms with van der Waals surface area (Å²) >= 11 is 0. The minimum Gasteiger partial charge on any atom is -0.445 e. The summed E-state index contributed by atoms with van der Waals surface area (Å²) in [5.41, 5.74) is 2.91. The van der Waals surface area contributed by atoms with Crippen LogP contribution in [0.25, 0.3) is 0 Å². The zero-order valence-electron chi connectivity index (χ0n) is 13.2. The van der Waals surface area contributed by atoms with Crippen molar-refractivity contribution in [1.29, 1.82) is 0 Å². The summed E-state index contributed by atoms with van der Waals surface area (Å²) in [6.45, 7) is 2.43. The van der Waals surface area contributed by atoms with Crippen LogP contribution in [-0.4, -0.2) is 41.1 Å². The van der Waals surface area contributed by atoms with Gasteiger partial charge >= 0.3 is 6.09 Å². The third-order valence-corrected chi connectivity index (χ3v) is 3.82. The van der Waals surface area contributed by atoms with Gasteiger partial charge in [-0.1, -0.05) is 24.3 Å². The molecule has 0 atom stereocenters. The van der Waals surface area contributed by atoms with E-state index in [1.165, 1.54) is 0 Å². The van der Waals surface area contributed by atoms with Crippen LogP contribution in [0, 0.1) is 6.92 Å². The Balaban J connectivity index is 1.82. The monoisotopic (exact) mass is 353 g/mol. The largest absolute Gasteiger partial charge is 0.445 e. The SMILES string of the molecule is Cc1cnn(Cc2cccc(COC(=O)NCCS(=O)(=O)O)c2)c1. The highest BCUT2D eigenvalue weighted by Crippen LogP contribution is 2.09. The van der Waals surface area contributed by atoms with Crippen LogP contribution in [0.4, 0.5) is 4.79 Å². The molecule has 130 valence electrons. The van der Waals surface area contributed by atoms with Crippen LogP contribution >= 0.6 is 0 Å². The second kappa shape index (κ2) is 7.93. The average molecular weight is 353 g/mol. The highest BCUT2D eigenvalue weighted by atomic mass is 32.2. The molecule has 2 N–H and O–H groups in total. The number of ether oxygens (including phenoxy) is 1. The van der Waals surface area contributed by atoms with Gasteiger partial charge in [-0.2, -0.15) is 13.5 Å². The summed E-state index contributed by atoms with van der Waals surface area (Å²) in [6, 6.07) is 7.54. The Bertz CT molecular complexity index is 801. The fourth-order valence-corrected chi connectivity index (χ4v) is 2.40. The Morgan fingerprint density at radius 2 is 2.12 bits per heavy atom. The standard InChI is InChI=1S/C15H19N3O5S/c1-12-8-17-18(9-12)10-13-3-2-4-14(7-13)11-23-15(19)16-5-6-24(20,21)22/h2-4,7-9H,5-6,10-11H2,1H3,(H,16,19)(H,20,21,22). The third-order valence-electron chi connectivity index (χ3n) is 3.10. The van der Waals surface area contributed by atoms with Crippen LogP contribution in [0.1, 0.15) is 16.7 Å². The second-order valence-corrected chi connectivity index (χ2v) is 6.90. The molecule has 24 heavy (non-hydrogen) atoms. The molecule has 2 aromatic rings. The Labute approximate surface area is 140 Å². The van der Waals surface area contributed by atoms with Gasteiger partial charge in [0, 0.05) is 12.7 Å². The second-order valence-electron chi connectivity index (χ2n) is 5.32. The Morgan fingerprint density at radius 1 is 1.38 bits per heavy atom. The molecule has 0 aliphatic carbocycles. The number of nitrogens with one attached hydrogen (secondary N) is 1. The summed E-state index contributed by atoms with van der Waals surface area (Å²) in [4.78, 5) is 11.5. The maximum absolute atomic E-state index is 11.5. The molecule has 1 aromatic carbocycles. The van der Waals surface area contributed by atoms with Gasteiger partial charge in [0.15, 0.2) is 0 Å². The third kappa shape index (κ3) is 6.39. The first-order chi connectivity index (χ1) is 11.3. The van der Waals surface area contributed by atoms with Crippen LogP contribution in [-0.2, 0) is 28.0 Å². The fourth-order valence-electron chi connectivity index (χ4n) is 2.04. The van der Waals surface area contributed by atoms with Crippen molar-refractivity contribution in [2.75, 3.05) is 12.3 Å². The predicted molar refractivity (Wildman–Crippen MR) is 87.1 cm³/mol. The first kappa shape index (κ1) is 18.0. The number of hydrogen-bond acceptors (Lipinski definition) is 5. The number of carbonyl (C=O) groups is 1.